The third-order valence-electron chi connectivity index (χ3n) is 2.20. The number of rotatable bonds is 3. The van der Waals surface area contributed by atoms with Gasteiger partial charge in [0, 0.05) is 6.42 Å². The van der Waals surface area contributed by atoms with Crippen molar-refractivity contribution in [2.75, 3.05) is 19.8 Å². The van der Waals surface area contributed by atoms with Crippen LogP contribution in [0.2, 0.25) is 0 Å². The minimum atomic E-state index is -0.827. The van der Waals surface area contributed by atoms with Gasteiger partial charge in [-0.25, -0.2) is 9.59 Å². The van der Waals surface area contributed by atoms with Crippen LogP contribution < -0.4 is 0 Å². The van der Waals surface area contributed by atoms with Gasteiger partial charge in [0.05, 0.1) is 19.8 Å². The smallest absolute Gasteiger partial charge is 0.410 e. The summed E-state index contributed by atoms with van der Waals surface area (Å²) in [5.41, 5.74) is 0. The van der Waals surface area contributed by atoms with E-state index in [1.807, 2.05) is 0 Å². The molecule has 1 atom stereocenters. The summed E-state index contributed by atoms with van der Waals surface area (Å²) in [6.45, 7) is 3.68. The van der Waals surface area contributed by atoms with Gasteiger partial charge in [0.2, 0.25) is 0 Å². The van der Waals surface area contributed by atoms with Crippen LogP contribution in [0, 0.1) is 0 Å². The number of amides is 1. The molecule has 1 amide bonds. The van der Waals surface area contributed by atoms with Gasteiger partial charge in [-0.3, -0.25) is 9.69 Å². The molecule has 1 fully saturated rings. The topological polar surface area (TPSA) is 72.9 Å². The number of carbonyl (C=O) groups is 3. The lowest BCUT2D eigenvalue weighted by atomic mass is 10.2. The first-order valence-corrected chi connectivity index (χ1v) is 5.21. The second kappa shape index (κ2) is 5.48. The van der Waals surface area contributed by atoms with Crippen LogP contribution in [-0.4, -0.2) is 48.5 Å². The Bertz CT molecular complexity index is 274. The van der Waals surface area contributed by atoms with E-state index in [1.54, 1.807) is 13.8 Å². The maximum absolute atomic E-state index is 11.5. The average Bonchev–Trinajstić information content (AvgIpc) is 2.61. The highest BCUT2D eigenvalue weighted by Crippen LogP contribution is 2.17. The largest absolute Gasteiger partial charge is 0.464 e. The number of likely N-dealkylation sites (tertiary alicyclic amines) is 1. The van der Waals surface area contributed by atoms with Gasteiger partial charge in [-0.2, -0.15) is 0 Å². The molecule has 0 radical (unpaired) electrons. The molecule has 0 aliphatic carbocycles. The summed E-state index contributed by atoms with van der Waals surface area (Å²) in [5.74, 6) is -0.715. The SMILES string of the molecule is CCOC(=O)[C@@H]1CC(=O)CN1C(=O)OCC. The Labute approximate surface area is 93.5 Å². The van der Waals surface area contributed by atoms with Crippen molar-refractivity contribution in [2.24, 2.45) is 0 Å². The van der Waals surface area contributed by atoms with E-state index in [-0.39, 0.29) is 32.0 Å². The predicted octanol–water partition coefficient (Wildman–Crippen LogP) is 0.349. The van der Waals surface area contributed by atoms with Crippen molar-refractivity contribution in [3.63, 3.8) is 0 Å². The number of nitrogens with zero attached hydrogens (tertiary/aromatic N) is 1. The van der Waals surface area contributed by atoms with Crippen LogP contribution in [0.15, 0.2) is 0 Å². The monoisotopic (exact) mass is 229 g/mol. The number of esters is 1. The van der Waals surface area contributed by atoms with Crippen LogP contribution in [0.1, 0.15) is 20.3 Å². The second-order valence-electron chi connectivity index (χ2n) is 3.34. The molecule has 1 rings (SSSR count). The molecule has 6 nitrogen and oxygen atoms in total. The van der Waals surface area contributed by atoms with E-state index in [0.717, 1.165) is 4.90 Å². The lowest BCUT2D eigenvalue weighted by Crippen LogP contribution is -2.41. The maximum Gasteiger partial charge on any atom is 0.410 e. The van der Waals surface area contributed by atoms with Crippen LogP contribution in [0.3, 0.4) is 0 Å². The Hall–Kier alpha value is -1.59. The van der Waals surface area contributed by atoms with E-state index < -0.39 is 18.1 Å². The molecule has 0 aromatic heterocycles. The van der Waals surface area contributed by atoms with E-state index in [1.165, 1.54) is 0 Å². The first-order valence-electron chi connectivity index (χ1n) is 5.21. The first-order chi connectivity index (χ1) is 7.60. The fraction of sp³-hybridized carbons (Fsp3) is 0.700. The molecule has 1 heterocycles. The van der Waals surface area contributed by atoms with E-state index in [9.17, 15) is 14.4 Å². The summed E-state index contributed by atoms with van der Waals surface area (Å²) >= 11 is 0. The van der Waals surface area contributed by atoms with Gasteiger partial charge in [0.1, 0.15) is 6.04 Å². The minimum Gasteiger partial charge on any atom is -0.464 e. The number of hydrogen-bond acceptors (Lipinski definition) is 5. The Morgan fingerprint density at radius 3 is 2.50 bits per heavy atom. The third kappa shape index (κ3) is 2.71. The molecule has 1 saturated heterocycles. The van der Waals surface area contributed by atoms with E-state index in [0.29, 0.717) is 0 Å². The summed E-state index contributed by atoms with van der Waals surface area (Å²) < 4.78 is 9.55. The molecule has 0 N–H and O–H groups in total. The standard InChI is InChI=1S/C10H15NO5/c1-3-15-9(13)8-5-7(12)6-11(8)10(14)16-4-2/h8H,3-6H2,1-2H3/t8-/m0/s1. The van der Waals surface area contributed by atoms with E-state index >= 15 is 0 Å². The van der Waals surface area contributed by atoms with E-state index in [4.69, 9.17) is 9.47 Å². The van der Waals surface area contributed by atoms with Crippen molar-refractivity contribution in [1.29, 1.82) is 0 Å². The molecule has 1 aliphatic rings. The maximum atomic E-state index is 11.5. The van der Waals surface area contributed by atoms with Gasteiger partial charge in [-0.15, -0.1) is 0 Å². The number of hydrogen-bond donors (Lipinski definition) is 0. The van der Waals surface area contributed by atoms with Gasteiger partial charge in [0.15, 0.2) is 5.78 Å². The molecule has 0 spiro atoms. The number of ether oxygens (including phenoxy) is 2. The van der Waals surface area contributed by atoms with Gasteiger partial charge in [-0.05, 0) is 13.8 Å². The second-order valence-corrected chi connectivity index (χ2v) is 3.34. The van der Waals surface area contributed by atoms with E-state index in [2.05, 4.69) is 0 Å². The number of Topliss-reactive ketones (excluding diaryl/α,β-unsaturated/α-hetero) is 1. The molecule has 90 valence electrons. The molecular formula is C10H15NO5. The van der Waals surface area contributed by atoms with Crippen LogP contribution in [0.25, 0.3) is 0 Å². The molecule has 0 bridgehead atoms. The Morgan fingerprint density at radius 2 is 1.94 bits per heavy atom. The summed E-state index contributed by atoms with van der Waals surface area (Å²) in [4.78, 5) is 35.3. The van der Waals surface area contributed by atoms with Crippen molar-refractivity contribution < 1.29 is 23.9 Å². The molecule has 0 saturated carbocycles. The van der Waals surface area contributed by atoms with Crippen molar-refractivity contribution >= 4 is 17.8 Å². The van der Waals surface area contributed by atoms with Gasteiger partial charge in [0.25, 0.3) is 0 Å². The van der Waals surface area contributed by atoms with Crippen LogP contribution in [0.5, 0.6) is 0 Å². The van der Waals surface area contributed by atoms with Crippen LogP contribution in [0.4, 0.5) is 4.79 Å². The molecule has 1 aliphatic heterocycles. The average molecular weight is 229 g/mol. The molecule has 0 unspecified atom stereocenters. The molecule has 16 heavy (non-hydrogen) atoms. The highest BCUT2D eigenvalue weighted by atomic mass is 16.6. The Morgan fingerprint density at radius 1 is 1.31 bits per heavy atom. The van der Waals surface area contributed by atoms with Crippen molar-refractivity contribution in [2.45, 2.75) is 26.3 Å². The molecular weight excluding hydrogens is 214 g/mol. The highest BCUT2D eigenvalue weighted by Gasteiger charge is 2.40. The Balaban J connectivity index is 2.69. The lowest BCUT2D eigenvalue weighted by Gasteiger charge is -2.20. The quantitative estimate of drug-likeness (QED) is 0.653. The molecule has 0 aromatic carbocycles. The number of carbonyl (C=O) groups excluding carboxylic acids is 3. The number of ketones is 1. The van der Waals surface area contributed by atoms with Gasteiger partial charge in [-0.1, -0.05) is 0 Å². The van der Waals surface area contributed by atoms with Crippen molar-refractivity contribution in [1.82, 2.24) is 4.90 Å². The Kier molecular flexibility index (Phi) is 4.28. The summed E-state index contributed by atoms with van der Waals surface area (Å²) in [6, 6.07) is -0.827. The summed E-state index contributed by atoms with van der Waals surface area (Å²) in [5, 5.41) is 0. The summed E-state index contributed by atoms with van der Waals surface area (Å²) in [6.07, 6.45) is -0.635. The van der Waals surface area contributed by atoms with Gasteiger partial charge < -0.3 is 9.47 Å². The zero-order valence-corrected chi connectivity index (χ0v) is 9.39. The molecule has 6 heteroatoms. The first kappa shape index (κ1) is 12.5. The summed E-state index contributed by atoms with van der Waals surface area (Å²) in [7, 11) is 0. The minimum absolute atomic E-state index is 0.0116. The highest BCUT2D eigenvalue weighted by molar-refractivity contribution is 5.95. The van der Waals surface area contributed by atoms with Crippen molar-refractivity contribution in [3.05, 3.63) is 0 Å². The fourth-order valence-electron chi connectivity index (χ4n) is 1.54. The van der Waals surface area contributed by atoms with Crippen LogP contribution >= 0.6 is 0 Å². The fourth-order valence-corrected chi connectivity index (χ4v) is 1.54. The zero-order chi connectivity index (χ0) is 12.1. The van der Waals surface area contributed by atoms with Crippen LogP contribution in [-0.2, 0) is 19.1 Å². The third-order valence-corrected chi connectivity index (χ3v) is 2.20. The lowest BCUT2D eigenvalue weighted by molar-refractivity contribution is -0.148. The zero-order valence-electron chi connectivity index (χ0n) is 9.39. The normalized spacial score (nSPS) is 19.8. The predicted molar refractivity (Wildman–Crippen MR) is 53.8 cm³/mol. The van der Waals surface area contributed by atoms with Crippen molar-refractivity contribution in [3.8, 4) is 0 Å². The molecule has 0 aromatic rings. The van der Waals surface area contributed by atoms with Gasteiger partial charge >= 0.3 is 12.1 Å².